The molecule has 0 N–H and O–H groups in total. The minimum absolute atomic E-state index is 0.0844. The number of allylic oxidation sites excluding steroid dienone is 16. The van der Waals surface area contributed by atoms with E-state index < -0.39 is 6.10 Å². The number of rotatable bonds is 49. The molecule has 382 valence electrons. The standard InChI is InChI=1S/C61H102O6/c1-4-7-10-13-15-17-19-21-23-25-27-28-29-30-31-32-34-35-37-39-41-43-45-48-51-54-60(63)66-57-58(56-65-59(62)53-50-47-12-9-6-3)67-61(64)55-52-49-46-44-42-40-38-36-33-26-24-22-20-18-16-14-11-8-5-2/h7-8,10-11,15-18,21-24,27-28,33,36,58H,4-6,9,12-14,19-20,25-26,29-32,34-35,37-57H2,1-3H3/b10-7-,11-8-,17-15-,18-16-,23-21-,24-22-,28-27-,36-33-. The molecule has 0 fully saturated rings. The summed E-state index contributed by atoms with van der Waals surface area (Å²) in [4.78, 5) is 37.8. The molecule has 0 saturated heterocycles. The zero-order chi connectivity index (χ0) is 48.6. The smallest absolute Gasteiger partial charge is 0.306 e. The molecule has 1 atom stereocenters. The molecule has 0 amide bonds. The maximum Gasteiger partial charge on any atom is 0.306 e. The maximum atomic E-state index is 12.8. The van der Waals surface area contributed by atoms with E-state index in [0.717, 1.165) is 128 Å². The number of unbranched alkanes of at least 4 members (excludes halogenated alkanes) is 22. The van der Waals surface area contributed by atoms with Crippen LogP contribution < -0.4 is 0 Å². The fourth-order valence-electron chi connectivity index (χ4n) is 7.48. The molecule has 0 aliphatic heterocycles. The summed E-state index contributed by atoms with van der Waals surface area (Å²) in [6, 6.07) is 0. The zero-order valence-corrected chi connectivity index (χ0v) is 43.6. The molecule has 0 aromatic rings. The molecule has 6 nitrogen and oxygen atoms in total. The van der Waals surface area contributed by atoms with Gasteiger partial charge in [-0.25, -0.2) is 0 Å². The first kappa shape index (κ1) is 63.3. The van der Waals surface area contributed by atoms with E-state index in [1.165, 1.54) is 83.5 Å². The molecule has 0 rings (SSSR count). The van der Waals surface area contributed by atoms with Gasteiger partial charge in [-0.05, 0) is 96.3 Å². The van der Waals surface area contributed by atoms with Crippen molar-refractivity contribution in [2.24, 2.45) is 0 Å². The average Bonchev–Trinajstić information content (AvgIpc) is 3.33. The summed E-state index contributed by atoms with van der Waals surface area (Å²) in [6.07, 6.45) is 73.0. The molecule has 0 aliphatic rings. The highest BCUT2D eigenvalue weighted by Crippen LogP contribution is 2.15. The van der Waals surface area contributed by atoms with E-state index in [-0.39, 0.29) is 31.1 Å². The minimum atomic E-state index is -0.782. The van der Waals surface area contributed by atoms with Crippen LogP contribution in [0.2, 0.25) is 0 Å². The monoisotopic (exact) mass is 931 g/mol. The molecular formula is C61H102O6. The number of esters is 3. The summed E-state index contributed by atoms with van der Waals surface area (Å²) in [5, 5.41) is 0. The van der Waals surface area contributed by atoms with Crippen LogP contribution in [0.25, 0.3) is 0 Å². The zero-order valence-electron chi connectivity index (χ0n) is 43.6. The number of ether oxygens (including phenoxy) is 3. The molecule has 0 aliphatic carbocycles. The Kier molecular flexibility index (Phi) is 51.9. The number of hydrogen-bond acceptors (Lipinski definition) is 6. The molecule has 1 unspecified atom stereocenters. The Morgan fingerprint density at radius 1 is 0.313 bits per heavy atom. The van der Waals surface area contributed by atoms with Gasteiger partial charge in [0.1, 0.15) is 13.2 Å². The van der Waals surface area contributed by atoms with Gasteiger partial charge in [0.05, 0.1) is 0 Å². The van der Waals surface area contributed by atoms with E-state index in [1.54, 1.807) is 0 Å². The second kappa shape index (κ2) is 54.9. The third-order valence-corrected chi connectivity index (χ3v) is 11.6. The van der Waals surface area contributed by atoms with Gasteiger partial charge in [-0.1, -0.05) is 234 Å². The minimum Gasteiger partial charge on any atom is -0.462 e. The normalized spacial score (nSPS) is 12.8. The summed E-state index contributed by atoms with van der Waals surface area (Å²) in [7, 11) is 0. The van der Waals surface area contributed by atoms with E-state index in [1.807, 2.05) is 0 Å². The third kappa shape index (κ3) is 53.2. The first-order chi connectivity index (χ1) is 33.0. The van der Waals surface area contributed by atoms with Crippen LogP contribution in [-0.2, 0) is 28.6 Å². The van der Waals surface area contributed by atoms with E-state index >= 15 is 0 Å². The average molecular weight is 931 g/mol. The molecule has 0 heterocycles. The number of hydrogen-bond donors (Lipinski definition) is 0. The van der Waals surface area contributed by atoms with Crippen molar-refractivity contribution in [3.8, 4) is 0 Å². The first-order valence-corrected chi connectivity index (χ1v) is 27.7. The molecule has 0 spiro atoms. The highest BCUT2D eigenvalue weighted by molar-refractivity contribution is 5.71. The lowest BCUT2D eigenvalue weighted by Gasteiger charge is -2.18. The lowest BCUT2D eigenvalue weighted by Crippen LogP contribution is -2.30. The van der Waals surface area contributed by atoms with Crippen LogP contribution in [0, 0.1) is 0 Å². The predicted molar refractivity (Wildman–Crippen MR) is 288 cm³/mol. The summed E-state index contributed by atoms with van der Waals surface area (Å²) < 4.78 is 16.7. The van der Waals surface area contributed by atoms with Crippen LogP contribution in [0.1, 0.15) is 252 Å². The van der Waals surface area contributed by atoms with Crippen molar-refractivity contribution in [1.82, 2.24) is 0 Å². The van der Waals surface area contributed by atoms with Crippen LogP contribution in [0.5, 0.6) is 0 Å². The van der Waals surface area contributed by atoms with Crippen molar-refractivity contribution in [3.05, 3.63) is 97.2 Å². The van der Waals surface area contributed by atoms with Gasteiger partial charge in [0, 0.05) is 19.3 Å². The Bertz CT molecular complexity index is 1350. The van der Waals surface area contributed by atoms with Gasteiger partial charge in [0.2, 0.25) is 0 Å². The quantitative estimate of drug-likeness (QED) is 0.0262. The Hall–Kier alpha value is -3.67. The maximum absolute atomic E-state index is 12.8. The lowest BCUT2D eigenvalue weighted by atomic mass is 10.0. The Balaban J connectivity index is 4.13. The van der Waals surface area contributed by atoms with Crippen LogP contribution in [0.4, 0.5) is 0 Å². The summed E-state index contributed by atoms with van der Waals surface area (Å²) in [5.41, 5.74) is 0. The Morgan fingerprint density at radius 3 is 0.910 bits per heavy atom. The van der Waals surface area contributed by atoms with Crippen LogP contribution >= 0.6 is 0 Å². The van der Waals surface area contributed by atoms with E-state index in [2.05, 4.69) is 118 Å². The summed E-state index contributed by atoms with van der Waals surface area (Å²) in [5.74, 6) is -0.914. The van der Waals surface area contributed by atoms with E-state index in [9.17, 15) is 14.4 Å². The molecule has 0 saturated carbocycles. The number of carbonyl (C=O) groups excluding carboxylic acids is 3. The molecular weight excluding hydrogens is 829 g/mol. The van der Waals surface area contributed by atoms with Crippen molar-refractivity contribution in [3.63, 3.8) is 0 Å². The Labute approximate surface area is 413 Å². The fraction of sp³-hybridized carbons (Fsp3) is 0.689. The lowest BCUT2D eigenvalue weighted by molar-refractivity contribution is -0.167. The summed E-state index contributed by atoms with van der Waals surface area (Å²) >= 11 is 0. The molecule has 0 aromatic carbocycles. The van der Waals surface area contributed by atoms with Gasteiger partial charge in [-0.3, -0.25) is 14.4 Å². The molecule has 0 aromatic heterocycles. The second-order valence-corrected chi connectivity index (χ2v) is 18.1. The van der Waals surface area contributed by atoms with Crippen LogP contribution in [-0.4, -0.2) is 37.2 Å². The second-order valence-electron chi connectivity index (χ2n) is 18.1. The van der Waals surface area contributed by atoms with Gasteiger partial charge in [-0.15, -0.1) is 0 Å². The van der Waals surface area contributed by atoms with Crippen molar-refractivity contribution in [2.75, 3.05) is 13.2 Å². The van der Waals surface area contributed by atoms with Crippen LogP contribution in [0.3, 0.4) is 0 Å². The molecule has 0 bridgehead atoms. The highest BCUT2D eigenvalue weighted by atomic mass is 16.6. The van der Waals surface area contributed by atoms with Crippen molar-refractivity contribution in [2.45, 2.75) is 258 Å². The van der Waals surface area contributed by atoms with Crippen molar-refractivity contribution in [1.29, 1.82) is 0 Å². The number of carbonyl (C=O) groups is 3. The van der Waals surface area contributed by atoms with Gasteiger partial charge in [0.25, 0.3) is 0 Å². The molecule has 67 heavy (non-hydrogen) atoms. The fourth-order valence-corrected chi connectivity index (χ4v) is 7.48. The van der Waals surface area contributed by atoms with Crippen molar-refractivity contribution >= 4 is 17.9 Å². The van der Waals surface area contributed by atoms with Gasteiger partial charge >= 0.3 is 17.9 Å². The van der Waals surface area contributed by atoms with E-state index in [0.29, 0.717) is 19.3 Å². The van der Waals surface area contributed by atoms with Crippen LogP contribution in [0.15, 0.2) is 97.2 Å². The Morgan fingerprint density at radius 2 is 0.582 bits per heavy atom. The largest absolute Gasteiger partial charge is 0.462 e. The third-order valence-electron chi connectivity index (χ3n) is 11.6. The SMILES string of the molecule is CC/C=C\C/C=C\C/C=C\C/C=C\CCCCCCCCCCCCCCC(=O)OCC(COC(=O)CCCCCCC)OC(=O)CCCCCCCC/C=C\C/C=C\C/C=C\C/C=C\CC. The van der Waals surface area contributed by atoms with Gasteiger partial charge in [-0.2, -0.15) is 0 Å². The molecule has 0 radical (unpaired) electrons. The van der Waals surface area contributed by atoms with Crippen molar-refractivity contribution < 1.29 is 28.6 Å². The predicted octanol–water partition coefficient (Wildman–Crippen LogP) is 18.5. The van der Waals surface area contributed by atoms with Gasteiger partial charge in [0.15, 0.2) is 6.10 Å². The van der Waals surface area contributed by atoms with E-state index in [4.69, 9.17) is 14.2 Å². The van der Waals surface area contributed by atoms with Gasteiger partial charge < -0.3 is 14.2 Å². The first-order valence-electron chi connectivity index (χ1n) is 27.7. The molecule has 6 heteroatoms. The topological polar surface area (TPSA) is 78.9 Å². The highest BCUT2D eigenvalue weighted by Gasteiger charge is 2.19. The summed E-state index contributed by atoms with van der Waals surface area (Å²) in [6.45, 7) is 6.32.